The number of nitrogens with zero attached hydrogens (tertiary/aromatic N) is 1. The van der Waals surface area contributed by atoms with Crippen LogP contribution in [0, 0.1) is 12.7 Å². The second kappa shape index (κ2) is 9.74. The van der Waals surface area contributed by atoms with Gasteiger partial charge in [-0.2, -0.15) is 4.31 Å². The number of aryl methyl sites for hydroxylation is 1. The van der Waals surface area contributed by atoms with E-state index in [1.165, 1.54) is 12.1 Å². The molecule has 1 N–H and O–H groups in total. The summed E-state index contributed by atoms with van der Waals surface area (Å²) in [6, 6.07) is 18.0. The van der Waals surface area contributed by atoms with E-state index in [9.17, 15) is 22.4 Å². The fourth-order valence-electron chi connectivity index (χ4n) is 3.80. The SMILES string of the molecule is Cc1ccc(NC(=O)COC(=O)[C@H]2Cc3ccccc3CN2S(=O)(=O)c2ccccc2F)cc1. The van der Waals surface area contributed by atoms with Crippen LogP contribution in [0.2, 0.25) is 0 Å². The molecule has 176 valence electrons. The number of nitrogens with one attached hydrogen (secondary N) is 1. The maximum absolute atomic E-state index is 14.4. The topological polar surface area (TPSA) is 92.8 Å². The molecule has 0 unspecified atom stereocenters. The molecule has 0 radical (unpaired) electrons. The van der Waals surface area contributed by atoms with Crippen molar-refractivity contribution in [3.63, 3.8) is 0 Å². The van der Waals surface area contributed by atoms with Gasteiger partial charge < -0.3 is 10.1 Å². The van der Waals surface area contributed by atoms with E-state index in [2.05, 4.69) is 5.32 Å². The first-order valence-electron chi connectivity index (χ1n) is 10.6. The molecule has 4 rings (SSSR count). The Labute approximate surface area is 197 Å². The zero-order valence-corrected chi connectivity index (χ0v) is 19.2. The minimum absolute atomic E-state index is 0.0439. The molecule has 0 saturated carbocycles. The van der Waals surface area contributed by atoms with E-state index >= 15 is 0 Å². The lowest BCUT2D eigenvalue weighted by atomic mass is 9.96. The maximum Gasteiger partial charge on any atom is 0.325 e. The molecule has 0 spiro atoms. The van der Waals surface area contributed by atoms with Crippen molar-refractivity contribution in [1.29, 1.82) is 0 Å². The molecule has 0 bridgehead atoms. The highest BCUT2D eigenvalue weighted by Gasteiger charge is 2.41. The summed E-state index contributed by atoms with van der Waals surface area (Å²) in [5.74, 6) is -2.35. The Hall–Kier alpha value is -3.56. The highest BCUT2D eigenvalue weighted by Crippen LogP contribution is 2.30. The molecule has 0 saturated heterocycles. The van der Waals surface area contributed by atoms with Crippen molar-refractivity contribution in [2.24, 2.45) is 0 Å². The van der Waals surface area contributed by atoms with E-state index in [1.54, 1.807) is 36.4 Å². The number of hydrogen-bond donors (Lipinski definition) is 1. The van der Waals surface area contributed by atoms with Crippen molar-refractivity contribution >= 4 is 27.6 Å². The van der Waals surface area contributed by atoms with Crippen LogP contribution in [0.25, 0.3) is 0 Å². The number of hydrogen-bond acceptors (Lipinski definition) is 5. The van der Waals surface area contributed by atoms with Crippen molar-refractivity contribution in [2.75, 3.05) is 11.9 Å². The minimum Gasteiger partial charge on any atom is -0.454 e. The first-order chi connectivity index (χ1) is 16.3. The van der Waals surface area contributed by atoms with Gasteiger partial charge in [-0.15, -0.1) is 0 Å². The molecule has 0 aliphatic carbocycles. The molecule has 3 aromatic carbocycles. The van der Waals surface area contributed by atoms with E-state index in [-0.39, 0.29) is 13.0 Å². The van der Waals surface area contributed by atoms with Gasteiger partial charge in [0.15, 0.2) is 6.61 Å². The Morgan fingerprint density at radius 2 is 1.65 bits per heavy atom. The standard InChI is InChI=1S/C25H23FN2O5S/c1-17-10-12-20(13-11-17)27-24(29)16-33-25(30)22-14-18-6-2-3-7-19(18)15-28(22)34(31,32)23-9-5-4-8-21(23)26/h2-13,22H,14-16H2,1H3,(H,27,29)/t22-/m1/s1. The minimum atomic E-state index is -4.36. The highest BCUT2D eigenvalue weighted by molar-refractivity contribution is 7.89. The molecule has 1 heterocycles. The summed E-state index contributed by atoms with van der Waals surface area (Å²) in [6.07, 6.45) is 0.0439. The molecule has 7 nitrogen and oxygen atoms in total. The van der Waals surface area contributed by atoms with Crippen LogP contribution < -0.4 is 5.32 Å². The fraction of sp³-hybridized carbons (Fsp3) is 0.200. The number of fused-ring (bicyclic) bond motifs is 1. The lowest BCUT2D eigenvalue weighted by molar-refractivity contribution is -0.151. The van der Waals surface area contributed by atoms with Gasteiger partial charge in [-0.3, -0.25) is 9.59 Å². The molecule has 1 aliphatic rings. The van der Waals surface area contributed by atoms with E-state index in [4.69, 9.17) is 4.74 Å². The maximum atomic E-state index is 14.4. The summed E-state index contributed by atoms with van der Waals surface area (Å²) in [5, 5.41) is 2.62. The number of carbonyl (C=O) groups excluding carboxylic acids is 2. The van der Waals surface area contributed by atoms with Gasteiger partial charge in [0.05, 0.1) is 0 Å². The molecule has 1 aliphatic heterocycles. The van der Waals surface area contributed by atoms with Gasteiger partial charge in [0.2, 0.25) is 10.0 Å². The quantitative estimate of drug-likeness (QED) is 0.544. The van der Waals surface area contributed by atoms with Gasteiger partial charge in [-0.25, -0.2) is 12.8 Å². The highest BCUT2D eigenvalue weighted by atomic mass is 32.2. The number of carbonyl (C=O) groups is 2. The first-order valence-corrected chi connectivity index (χ1v) is 12.1. The van der Waals surface area contributed by atoms with E-state index in [0.29, 0.717) is 11.3 Å². The van der Waals surface area contributed by atoms with Crippen LogP contribution in [0.1, 0.15) is 16.7 Å². The largest absolute Gasteiger partial charge is 0.454 e. The van der Waals surface area contributed by atoms with E-state index < -0.39 is 45.3 Å². The summed E-state index contributed by atoms with van der Waals surface area (Å²) in [6.45, 7) is 1.21. The second-order valence-electron chi connectivity index (χ2n) is 7.99. The Bertz CT molecular complexity index is 1330. The average Bonchev–Trinajstić information content (AvgIpc) is 2.83. The van der Waals surface area contributed by atoms with Crippen LogP contribution in [-0.2, 0) is 37.3 Å². The molecule has 9 heteroatoms. The molecule has 34 heavy (non-hydrogen) atoms. The molecule has 1 amide bonds. The summed E-state index contributed by atoms with van der Waals surface area (Å²) in [7, 11) is -4.36. The monoisotopic (exact) mass is 482 g/mol. The van der Waals surface area contributed by atoms with Crippen molar-refractivity contribution in [3.05, 3.63) is 95.3 Å². The Morgan fingerprint density at radius 3 is 2.35 bits per heavy atom. The number of rotatable bonds is 6. The zero-order valence-electron chi connectivity index (χ0n) is 18.4. The summed E-state index contributed by atoms with van der Waals surface area (Å²) in [5.41, 5.74) is 3.07. The van der Waals surface area contributed by atoms with Crippen molar-refractivity contribution in [2.45, 2.75) is 30.8 Å². The third-order valence-corrected chi connectivity index (χ3v) is 7.47. The summed E-state index contributed by atoms with van der Waals surface area (Å²) in [4.78, 5) is 24.7. The molecular formula is C25H23FN2O5S. The predicted molar refractivity (Wildman–Crippen MR) is 124 cm³/mol. The lowest BCUT2D eigenvalue weighted by Crippen LogP contribution is -2.49. The number of esters is 1. The van der Waals surface area contributed by atoms with Crippen LogP contribution in [0.3, 0.4) is 0 Å². The zero-order chi connectivity index (χ0) is 24.3. The molecule has 1 atom stereocenters. The third-order valence-electron chi connectivity index (χ3n) is 5.58. The van der Waals surface area contributed by atoms with Crippen LogP contribution in [0.5, 0.6) is 0 Å². The van der Waals surface area contributed by atoms with Crippen molar-refractivity contribution in [3.8, 4) is 0 Å². The molecule has 3 aromatic rings. The number of anilines is 1. The predicted octanol–water partition coefficient (Wildman–Crippen LogP) is 3.43. The third kappa shape index (κ3) is 5.00. The number of amides is 1. The second-order valence-corrected chi connectivity index (χ2v) is 9.85. The Balaban J connectivity index is 1.54. The van der Waals surface area contributed by atoms with Gasteiger partial charge in [-0.1, -0.05) is 54.1 Å². The van der Waals surface area contributed by atoms with Gasteiger partial charge in [0, 0.05) is 18.7 Å². The van der Waals surface area contributed by atoms with Gasteiger partial charge in [0.1, 0.15) is 16.8 Å². The van der Waals surface area contributed by atoms with Gasteiger partial charge in [-0.05, 0) is 42.3 Å². The van der Waals surface area contributed by atoms with Crippen LogP contribution in [0.4, 0.5) is 10.1 Å². The van der Waals surface area contributed by atoms with Crippen LogP contribution in [-0.4, -0.2) is 37.2 Å². The normalized spacial score (nSPS) is 15.9. The lowest BCUT2D eigenvalue weighted by Gasteiger charge is -2.34. The smallest absolute Gasteiger partial charge is 0.325 e. The van der Waals surface area contributed by atoms with E-state index in [0.717, 1.165) is 27.6 Å². The van der Waals surface area contributed by atoms with Crippen LogP contribution >= 0.6 is 0 Å². The number of benzene rings is 3. The Morgan fingerprint density at radius 1 is 1.00 bits per heavy atom. The number of sulfonamides is 1. The number of ether oxygens (including phenoxy) is 1. The van der Waals surface area contributed by atoms with Gasteiger partial charge in [0.25, 0.3) is 5.91 Å². The van der Waals surface area contributed by atoms with E-state index in [1.807, 2.05) is 19.1 Å². The first kappa shape index (κ1) is 23.6. The average molecular weight is 483 g/mol. The number of halogens is 1. The van der Waals surface area contributed by atoms with Crippen molar-refractivity contribution < 1.29 is 27.1 Å². The summed E-state index contributed by atoms with van der Waals surface area (Å²) < 4.78 is 47.2. The van der Waals surface area contributed by atoms with Gasteiger partial charge >= 0.3 is 5.97 Å². The molecular weight excluding hydrogens is 459 g/mol. The molecule has 0 fully saturated rings. The fourth-order valence-corrected chi connectivity index (χ4v) is 5.42. The Kier molecular flexibility index (Phi) is 6.76. The van der Waals surface area contributed by atoms with Crippen molar-refractivity contribution in [1.82, 2.24) is 4.31 Å². The molecule has 0 aromatic heterocycles. The van der Waals surface area contributed by atoms with Crippen LogP contribution in [0.15, 0.2) is 77.7 Å². The summed E-state index contributed by atoms with van der Waals surface area (Å²) >= 11 is 0.